The molecule has 0 unspecified atom stereocenters. The highest BCUT2D eigenvalue weighted by Gasteiger charge is 2.16. The quantitative estimate of drug-likeness (QED) is 0.692. The zero-order valence-electron chi connectivity index (χ0n) is 6.90. The van der Waals surface area contributed by atoms with E-state index in [0.717, 1.165) is 0 Å². The Morgan fingerprint density at radius 3 is 2.23 bits per heavy atom. The lowest BCUT2D eigenvalue weighted by molar-refractivity contribution is 0.0570. The fraction of sp³-hybridized carbons (Fsp3) is 0.111. The molecule has 0 fully saturated rings. The van der Waals surface area contributed by atoms with E-state index in [-0.39, 0.29) is 16.9 Å². The van der Waals surface area contributed by atoms with Crippen molar-refractivity contribution in [1.29, 1.82) is 0 Å². The monoisotopic (exact) mass is 179 g/mol. The molecule has 0 aliphatic carbocycles. The normalized spacial score (nSPS) is 9.62. The smallest absolute Gasteiger partial charge is 0.390 e. The van der Waals surface area contributed by atoms with Gasteiger partial charge in [-0.2, -0.15) is 0 Å². The summed E-state index contributed by atoms with van der Waals surface area (Å²) in [6.45, 7) is 1.24. The summed E-state index contributed by atoms with van der Waals surface area (Å²) in [5.74, 6) is -2.42. The van der Waals surface area contributed by atoms with Crippen molar-refractivity contribution >= 4 is 11.8 Å². The SMILES string of the molecule is CC(=O)c1cccc(C([O])=O)c1O. The van der Waals surface area contributed by atoms with Crippen LogP contribution in [-0.2, 0) is 5.11 Å². The van der Waals surface area contributed by atoms with E-state index in [4.69, 9.17) is 0 Å². The van der Waals surface area contributed by atoms with Crippen molar-refractivity contribution in [2.75, 3.05) is 0 Å². The number of para-hydroxylation sites is 1. The second-order valence-corrected chi connectivity index (χ2v) is 2.55. The van der Waals surface area contributed by atoms with Crippen molar-refractivity contribution in [2.45, 2.75) is 6.92 Å². The molecule has 0 aromatic heterocycles. The Labute approximate surface area is 74.4 Å². The Bertz CT molecular complexity index is 336. The van der Waals surface area contributed by atoms with Crippen LogP contribution in [0, 0.1) is 0 Å². The molecule has 4 heteroatoms. The minimum atomic E-state index is -1.50. The van der Waals surface area contributed by atoms with E-state index in [1.807, 2.05) is 0 Å². The van der Waals surface area contributed by atoms with Gasteiger partial charge in [0.1, 0.15) is 11.3 Å². The number of hydrogen-bond acceptors (Lipinski definition) is 3. The Morgan fingerprint density at radius 2 is 1.77 bits per heavy atom. The Kier molecular flexibility index (Phi) is 2.32. The second-order valence-electron chi connectivity index (χ2n) is 2.55. The highest BCUT2D eigenvalue weighted by atomic mass is 16.4. The molecule has 1 N–H and O–H groups in total. The molecular formula is C9H7O4. The van der Waals surface area contributed by atoms with Crippen LogP contribution in [0.2, 0.25) is 0 Å². The van der Waals surface area contributed by atoms with E-state index < -0.39 is 11.7 Å². The van der Waals surface area contributed by atoms with Crippen molar-refractivity contribution in [1.82, 2.24) is 0 Å². The van der Waals surface area contributed by atoms with Crippen LogP contribution in [0.25, 0.3) is 0 Å². The van der Waals surface area contributed by atoms with Gasteiger partial charge in [0, 0.05) is 0 Å². The zero-order chi connectivity index (χ0) is 10.0. The van der Waals surface area contributed by atoms with Crippen LogP contribution in [0.3, 0.4) is 0 Å². The molecule has 1 aromatic rings. The minimum Gasteiger partial charge on any atom is -0.506 e. The van der Waals surface area contributed by atoms with Gasteiger partial charge in [0.2, 0.25) is 0 Å². The summed E-state index contributed by atoms with van der Waals surface area (Å²) in [5.41, 5.74) is -0.380. The molecule has 0 heterocycles. The summed E-state index contributed by atoms with van der Waals surface area (Å²) < 4.78 is 0. The Hall–Kier alpha value is -1.84. The zero-order valence-corrected chi connectivity index (χ0v) is 6.90. The molecule has 0 atom stereocenters. The van der Waals surface area contributed by atoms with Gasteiger partial charge in [0.15, 0.2) is 5.78 Å². The average molecular weight is 179 g/mol. The summed E-state index contributed by atoms with van der Waals surface area (Å²) >= 11 is 0. The molecule has 13 heavy (non-hydrogen) atoms. The van der Waals surface area contributed by atoms with Gasteiger partial charge >= 0.3 is 5.97 Å². The molecule has 0 amide bonds. The lowest BCUT2D eigenvalue weighted by Gasteiger charge is -2.01. The lowest BCUT2D eigenvalue weighted by atomic mass is 10.1. The fourth-order valence-corrected chi connectivity index (χ4v) is 0.992. The maximum atomic E-state index is 10.9. The largest absolute Gasteiger partial charge is 0.506 e. The molecular weight excluding hydrogens is 172 g/mol. The van der Waals surface area contributed by atoms with Crippen molar-refractivity contribution in [3.63, 3.8) is 0 Å². The first-order valence-corrected chi connectivity index (χ1v) is 3.58. The lowest BCUT2D eigenvalue weighted by Crippen LogP contribution is -2.00. The van der Waals surface area contributed by atoms with Crippen molar-refractivity contribution in [2.24, 2.45) is 0 Å². The number of hydrogen-bond donors (Lipinski definition) is 1. The van der Waals surface area contributed by atoms with E-state index in [1.54, 1.807) is 0 Å². The number of Topliss-reactive ketones (excluding diaryl/α,β-unsaturated/α-hetero) is 1. The number of carbonyl (C=O) groups excluding carboxylic acids is 2. The van der Waals surface area contributed by atoms with E-state index in [1.165, 1.54) is 25.1 Å². The third kappa shape index (κ3) is 1.66. The third-order valence-electron chi connectivity index (χ3n) is 1.64. The molecule has 0 saturated heterocycles. The molecule has 0 aliphatic heterocycles. The third-order valence-corrected chi connectivity index (χ3v) is 1.64. The fourth-order valence-electron chi connectivity index (χ4n) is 0.992. The van der Waals surface area contributed by atoms with Gasteiger partial charge < -0.3 is 5.11 Å². The van der Waals surface area contributed by atoms with Gasteiger partial charge in [0.05, 0.1) is 5.56 Å². The number of phenolic OH excluding ortho intramolecular Hbond substituents is 1. The van der Waals surface area contributed by atoms with Crippen molar-refractivity contribution in [3.8, 4) is 5.75 Å². The molecule has 1 radical (unpaired) electrons. The van der Waals surface area contributed by atoms with Gasteiger partial charge in [-0.1, -0.05) is 6.07 Å². The average Bonchev–Trinajstić information content (AvgIpc) is 2.03. The molecule has 1 aromatic carbocycles. The summed E-state index contributed by atoms with van der Waals surface area (Å²) in [7, 11) is 0. The standard InChI is InChI=1S/C9H7O4/c1-5(10)6-3-2-4-7(8(6)11)9(12)13/h2-4,11H,1H3. The summed E-state index contributed by atoms with van der Waals surface area (Å²) in [5, 5.41) is 19.7. The Balaban J connectivity index is 3.35. The maximum absolute atomic E-state index is 10.9. The van der Waals surface area contributed by atoms with Gasteiger partial charge in [-0.3, -0.25) is 4.79 Å². The van der Waals surface area contributed by atoms with Crippen LogP contribution in [0.4, 0.5) is 0 Å². The summed E-state index contributed by atoms with van der Waals surface area (Å²) in [6, 6.07) is 3.91. The van der Waals surface area contributed by atoms with E-state index in [9.17, 15) is 19.8 Å². The first-order chi connectivity index (χ1) is 6.04. The van der Waals surface area contributed by atoms with Gasteiger partial charge in [0.25, 0.3) is 0 Å². The van der Waals surface area contributed by atoms with E-state index in [2.05, 4.69) is 0 Å². The van der Waals surface area contributed by atoms with Crippen molar-refractivity contribution in [3.05, 3.63) is 29.3 Å². The van der Waals surface area contributed by atoms with Gasteiger partial charge in [-0.05, 0) is 19.1 Å². The highest BCUT2D eigenvalue weighted by molar-refractivity contribution is 6.01. The summed E-state index contributed by atoms with van der Waals surface area (Å²) in [6.07, 6.45) is 0. The maximum Gasteiger partial charge on any atom is 0.390 e. The number of aromatic hydroxyl groups is 1. The number of rotatable bonds is 2. The number of ketones is 1. The van der Waals surface area contributed by atoms with Crippen LogP contribution in [0.5, 0.6) is 5.75 Å². The van der Waals surface area contributed by atoms with E-state index >= 15 is 0 Å². The van der Waals surface area contributed by atoms with Crippen LogP contribution in [0.1, 0.15) is 27.6 Å². The summed E-state index contributed by atoms with van der Waals surface area (Å²) in [4.78, 5) is 21.3. The molecule has 0 spiro atoms. The second kappa shape index (κ2) is 3.26. The molecule has 0 aliphatic rings. The number of benzene rings is 1. The molecule has 67 valence electrons. The molecule has 4 nitrogen and oxygen atoms in total. The van der Waals surface area contributed by atoms with Gasteiger partial charge in [-0.15, -0.1) is 0 Å². The number of phenols is 1. The molecule has 0 bridgehead atoms. The highest BCUT2D eigenvalue weighted by Crippen LogP contribution is 2.22. The van der Waals surface area contributed by atoms with E-state index in [0.29, 0.717) is 0 Å². The predicted molar refractivity (Wildman–Crippen MR) is 43.1 cm³/mol. The van der Waals surface area contributed by atoms with Crippen LogP contribution in [-0.4, -0.2) is 16.9 Å². The van der Waals surface area contributed by atoms with Crippen LogP contribution in [0.15, 0.2) is 18.2 Å². The van der Waals surface area contributed by atoms with Crippen LogP contribution >= 0.6 is 0 Å². The first-order valence-electron chi connectivity index (χ1n) is 3.58. The molecule has 0 saturated carbocycles. The first kappa shape index (κ1) is 9.25. The predicted octanol–water partition coefficient (Wildman–Crippen LogP) is 1.17. The van der Waals surface area contributed by atoms with Crippen molar-refractivity contribution < 1.29 is 19.8 Å². The topological polar surface area (TPSA) is 74.3 Å². The minimum absolute atomic E-state index is 0.0123. The van der Waals surface area contributed by atoms with Crippen LogP contribution < -0.4 is 0 Å². The number of carbonyl (C=O) groups is 2. The van der Waals surface area contributed by atoms with Gasteiger partial charge in [-0.25, -0.2) is 9.90 Å². The Morgan fingerprint density at radius 1 is 1.23 bits per heavy atom. The molecule has 1 rings (SSSR count).